The molecule has 4 amide bonds. The molecule has 7 aromatic rings. The van der Waals surface area contributed by atoms with E-state index in [0.29, 0.717) is 207 Å². The lowest BCUT2D eigenvalue weighted by Crippen LogP contribution is -2.61. The summed E-state index contributed by atoms with van der Waals surface area (Å²) >= 11 is 0. The fraction of sp³-hybridized carbons (Fsp3) is 0.580. The second kappa shape index (κ2) is 48.6. The number of carbonyl (C=O) groups excluding carboxylic acids is 8. The Hall–Kier alpha value is -11.5. The number of allylic oxidation sites excluding steroid dienone is 6. The van der Waals surface area contributed by atoms with E-state index < -0.39 is 108 Å². The molecule has 6 aromatic heterocycles. The van der Waals surface area contributed by atoms with Crippen LogP contribution in [0.4, 0.5) is 28.3 Å². The summed E-state index contributed by atoms with van der Waals surface area (Å²) in [4.78, 5) is 157. The molecule has 139 heavy (non-hydrogen) atoms. The van der Waals surface area contributed by atoms with Crippen molar-refractivity contribution in [3.8, 4) is 11.3 Å². The lowest BCUT2D eigenvalue weighted by Gasteiger charge is -2.42. The molecule has 0 spiro atoms. The van der Waals surface area contributed by atoms with E-state index in [9.17, 15) is 48.6 Å². The smallest absolute Gasteiger partial charge is 0.410 e. The van der Waals surface area contributed by atoms with Gasteiger partial charge in [0, 0.05) is 165 Å². The van der Waals surface area contributed by atoms with E-state index in [1.165, 1.54) is 31.4 Å². The molecule has 12 heterocycles. The van der Waals surface area contributed by atoms with Crippen molar-refractivity contribution in [2.24, 2.45) is 35.3 Å². The number of aromatic nitrogens is 10. The van der Waals surface area contributed by atoms with Gasteiger partial charge in [-0.25, -0.2) is 49.2 Å². The number of cyclic esters (lactones) is 1. The number of carbonyl (C=O) groups is 8. The number of rotatable bonds is 28. The van der Waals surface area contributed by atoms with Crippen molar-refractivity contribution in [3.05, 3.63) is 143 Å². The van der Waals surface area contributed by atoms with Crippen LogP contribution >= 0.6 is 0 Å². The van der Waals surface area contributed by atoms with E-state index in [2.05, 4.69) is 58.3 Å². The van der Waals surface area contributed by atoms with Crippen molar-refractivity contribution >= 4 is 92.7 Å². The van der Waals surface area contributed by atoms with Crippen molar-refractivity contribution in [3.63, 3.8) is 0 Å². The molecule has 6 aliphatic heterocycles. The molecule has 1 saturated carbocycles. The third kappa shape index (κ3) is 26.2. The topological polar surface area (TPSA) is 499 Å². The van der Waals surface area contributed by atoms with Gasteiger partial charge in [-0.05, 0) is 136 Å². The highest BCUT2D eigenvalue weighted by atomic mass is 16.6. The molecule has 1 aromatic carbocycles. The van der Waals surface area contributed by atoms with Crippen molar-refractivity contribution < 1.29 is 95.9 Å². The zero-order chi connectivity index (χ0) is 98.6. The Kier molecular flexibility index (Phi) is 36.1. The van der Waals surface area contributed by atoms with Crippen LogP contribution in [0.1, 0.15) is 163 Å². The fourth-order valence-electron chi connectivity index (χ4n) is 19.6. The van der Waals surface area contributed by atoms with Gasteiger partial charge in [-0.3, -0.25) is 28.8 Å². The molecule has 39 heteroatoms. The molecule has 10 N–H and O–H groups in total. The van der Waals surface area contributed by atoms with Gasteiger partial charge in [0.15, 0.2) is 11.4 Å². The van der Waals surface area contributed by atoms with Crippen molar-refractivity contribution in [2.45, 2.75) is 218 Å². The summed E-state index contributed by atoms with van der Waals surface area (Å²) in [5, 5.41) is 33.2. The van der Waals surface area contributed by atoms with E-state index >= 15 is 0 Å². The van der Waals surface area contributed by atoms with Crippen molar-refractivity contribution in [1.82, 2.24) is 69.7 Å². The molecule has 2 bridgehead atoms. The first kappa shape index (κ1) is 103. The summed E-state index contributed by atoms with van der Waals surface area (Å²) in [5.41, 5.74) is 28.6. The maximum Gasteiger partial charge on any atom is 0.410 e. The molecule has 1 aliphatic carbocycles. The number of esters is 1. The van der Waals surface area contributed by atoms with Crippen LogP contribution in [0.5, 0.6) is 0 Å². The first-order chi connectivity index (χ1) is 67.0. The number of nitrogens with two attached hydrogens (primary N) is 3. The quantitative estimate of drug-likeness (QED) is 0.0107. The average molecular weight is 1920 g/mol. The second-order valence-corrected chi connectivity index (χ2v) is 37.7. The fourth-order valence-corrected chi connectivity index (χ4v) is 19.6. The van der Waals surface area contributed by atoms with Crippen molar-refractivity contribution in [2.75, 3.05) is 148 Å². The van der Waals surface area contributed by atoms with Crippen LogP contribution in [0.15, 0.2) is 109 Å². The number of benzene rings is 1. The summed E-state index contributed by atoms with van der Waals surface area (Å²) in [6.45, 7) is 18.0. The Bertz CT molecular complexity index is 5570. The minimum atomic E-state index is -2.51. The third-order valence-electron chi connectivity index (χ3n) is 27.8. The second-order valence-electron chi connectivity index (χ2n) is 37.7. The van der Waals surface area contributed by atoms with Crippen LogP contribution in [0.3, 0.4) is 0 Å². The predicted molar refractivity (Wildman–Crippen MR) is 515 cm³/mol. The molecular weight excluding hydrogens is 1790 g/mol. The lowest BCUT2D eigenvalue weighted by molar-refractivity contribution is -0.265. The summed E-state index contributed by atoms with van der Waals surface area (Å²) < 4.78 is 60.9. The van der Waals surface area contributed by atoms with Crippen LogP contribution in [-0.2, 0) is 109 Å². The van der Waals surface area contributed by atoms with Crippen LogP contribution in [0.25, 0.3) is 33.3 Å². The Morgan fingerprint density at radius 3 is 2.16 bits per heavy atom. The van der Waals surface area contributed by atoms with Gasteiger partial charge in [0.2, 0.25) is 23.6 Å². The minimum Gasteiger partial charge on any atom is -0.459 e. The molecule has 15 atom stereocenters. The minimum absolute atomic E-state index is 0.00257. The predicted octanol–water partition coefficient (Wildman–Crippen LogP) is 7.65. The largest absolute Gasteiger partial charge is 0.459 e. The van der Waals surface area contributed by atoms with Gasteiger partial charge >= 0.3 is 12.1 Å². The number of piperidine rings is 1. The maximum absolute atomic E-state index is 14.8. The standard InChI is InChI=1S/C100H135N19O20/c1-60-15-11-10-12-16-61(2)80(130-7)50-74-22-18-65(6)100(129,139-74)90(124)95(126)118-28-14-13-17-77(118)96(127)137-81(51-78(120)62(3)44-64(5)88(123)89(132-9)87(122)63(4)43-60)75(101)46-66-20-23-79(82(47-66)131-8)138-99(128)117-30-25-76-73(58-117)55-108-98(111-76)115-33-31-114(32-34-115)97-106-53-72(54-107-97)94(125)104-27-36-134-38-40-136-42-41-135-39-37-133-35-26-84(121)116-29-24-68-45-67(19-21-69(68)57-116)56-119-93-85(91(103)109-59-110-93)86(113-119)71-48-70-49-83(102)112-92(70)105-52-71/h10-12,15-16,19,21,44-45,48-49,52-55,59-60,62-63,65-66,74-75,77,79-82,88-89,123,129H,13-14,17-18,20,22-43,46-47,50-51,56-58,101-102H2,1-9H3,(H,104,125)(H,105,112)(H2,103,109,110)/b12-10+,15-11+,61-16+,64-44+/t60-,62-,63-,65-,66+,74+,75-,77+,79-,80+,81+,82-,88-,89+,100-/m1/s1. The average Bonchev–Trinajstić information content (AvgIpc) is 1.74. The number of amides is 4. The molecule has 7 aliphatic rings. The third-order valence-corrected chi connectivity index (χ3v) is 27.8. The number of Topliss-reactive ketones (excluding diaryl/α,β-unsaturated/α-hetero) is 3. The van der Waals surface area contributed by atoms with E-state index in [1.54, 1.807) is 65.3 Å². The number of ether oxygens (including phenoxy) is 10. The highest BCUT2D eigenvalue weighted by Gasteiger charge is 2.54. The monoisotopic (exact) mass is 1920 g/mol. The Balaban J connectivity index is 0.477. The highest BCUT2D eigenvalue weighted by molar-refractivity contribution is 6.39. The summed E-state index contributed by atoms with van der Waals surface area (Å²) in [5.74, 6) is -7.16. The number of aliphatic hydroxyl groups excluding tert-OH is 1. The van der Waals surface area contributed by atoms with Crippen LogP contribution in [-0.4, -0.2) is 309 Å². The van der Waals surface area contributed by atoms with Crippen LogP contribution in [0.2, 0.25) is 0 Å². The maximum atomic E-state index is 14.8. The van der Waals surface area contributed by atoms with Crippen LogP contribution < -0.4 is 32.3 Å². The number of fused-ring (bicyclic) bond motifs is 7. The van der Waals surface area contributed by atoms with Gasteiger partial charge in [0.05, 0.1) is 107 Å². The lowest BCUT2D eigenvalue weighted by atomic mass is 9.80. The van der Waals surface area contributed by atoms with E-state index in [4.69, 9.17) is 79.6 Å². The number of nitrogen functional groups attached to an aromatic ring is 2. The number of methoxy groups -OCH3 is 3. The van der Waals surface area contributed by atoms with E-state index in [-0.39, 0.29) is 94.4 Å². The molecule has 0 radical (unpaired) electrons. The number of H-pyrrole nitrogens is 1. The number of hydrogen-bond acceptors (Lipinski definition) is 33. The van der Waals surface area contributed by atoms with Crippen LogP contribution in [0, 0.1) is 29.6 Å². The normalized spacial score (nSPS) is 26.8. The molecule has 3 saturated heterocycles. The highest BCUT2D eigenvalue weighted by Crippen LogP contribution is 2.40. The van der Waals surface area contributed by atoms with Gasteiger partial charge in [0.1, 0.15) is 65.5 Å². The number of piperazine rings is 1. The number of nitrogens with zero attached hydrogens (tertiary/aromatic N) is 14. The first-order valence-electron chi connectivity index (χ1n) is 48.6. The van der Waals surface area contributed by atoms with Gasteiger partial charge < -0.3 is 110 Å². The van der Waals surface area contributed by atoms with Crippen molar-refractivity contribution in [1.29, 1.82) is 0 Å². The van der Waals surface area contributed by atoms with E-state index in [1.807, 2.05) is 70.8 Å². The number of hydrogen-bond donors (Lipinski definition) is 7. The zero-order valence-corrected chi connectivity index (χ0v) is 81.1. The summed E-state index contributed by atoms with van der Waals surface area (Å²) in [6, 6.07) is 7.85. The number of pyridine rings is 1. The number of aromatic amines is 1. The molecule has 750 valence electrons. The molecule has 4 fully saturated rings. The molecule has 39 nitrogen and oxygen atoms in total. The van der Waals surface area contributed by atoms with Gasteiger partial charge in [0.25, 0.3) is 17.6 Å². The summed E-state index contributed by atoms with van der Waals surface area (Å²) in [6.07, 6.45) is 17.5. The first-order valence-corrected chi connectivity index (χ1v) is 48.6. The van der Waals surface area contributed by atoms with E-state index in [0.717, 1.165) is 50.2 Å². The summed E-state index contributed by atoms with van der Waals surface area (Å²) in [7, 11) is 4.46. The SMILES string of the molecule is CO[C@H]1C[C@@H]2CC[C@@H](C)[C@@](O)(O2)C(=O)C(=O)N2CCCC[C@H]2C(=O)O[C@H]([C@H](N)C[C@@H]2CC[C@@H](OC(=O)N3CCc4nc(N5CCN(c6ncc(C(=O)NCCOCCOCCOCCOCCC(=O)N7CCc8cc(Cn9nc(-c%10cnc%11[nH]c(N)cc%11c%10)c%10c(N)ncnc%109)ccc8C7)cn6)CC5)ncc4C3)[C@H](OC)C2)CC(=O)[C@H](C)/C=C(\C)[C@@H](O)[C@@H](OC)C(=O)[C@H](C)C[C@H](C)/C=C/C=C/C=C/1C. The molecular formula is C100H135N19O20. The molecule has 0 unspecified atom stereocenters. The van der Waals surface area contributed by atoms with Gasteiger partial charge in [-0.15, -0.1) is 0 Å². The molecule has 14 rings (SSSR count). The Morgan fingerprint density at radius 2 is 1.42 bits per heavy atom. The number of ketones is 3. The number of aliphatic hydroxyl groups is 2. The van der Waals surface area contributed by atoms with Gasteiger partial charge in [-0.2, -0.15) is 5.10 Å². The Morgan fingerprint density at radius 1 is 0.698 bits per heavy atom. The van der Waals surface area contributed by atoms with Gasteiger partial charge in [-0.1, -0.05) is 82.4 Å². The zero-order valence-electron chi connectivity index (χ0n) is 81.1. The number of nitrogens with one attached hydrogen (secondary N) is 2. The Labute approximate surface area is 809 Å². The number of anilines is 4.